The minimum atomic E-state index is 0.235. The van der Waals surface area contributed by atoms with Crippen molar-refractivity contribution in [1.82, 2.24) is 9.55 Å². The van der Waals surface area contributed by atoms with Gasteiger partial charge in [-0.2, -0.15) is 0 Å². The van der Waals surface area contributed by atoms with Gasteiger partial charge < -0.3 is 10.3 Å². The van der Waals surface area contributed by atoms with Crippen LogP contribution in [0, 0.1) is 12.8 Å². The van der Waals surface area contributed by atoms with Crippen molar-refractivity contribution >= 4 is 0 Å². The van der Waals surface area contributed by atoms with E-state index in [4.69, 9.17) is 5.73 Å². The molecule has 0 bridgehead atoms. The normalized spacial score (nSPS) is 17.6. The van der Waals surface area contributed by atoms with Gasteiger partial charge in [-0.25, -0.2) is 4.98 Å². The summed E-state index contributed by atoms with van der Waals surface area (Å²) in [6.45, 7) is 7.39. The summed E-state index contributed by atoms with van der Waals surface area (Å²) in [5.74, 6) is 1.67. The second-order valence-corrected chi connectivity index (χ2v) is 5.28. The quantitative estimate of drug-likeness (QED) is 0.849. The zero-order valence-electron chi connectivity index (χ0n) is 10.7. The van der Waals surface area contributed by atoms with Crippen LogP contribution in [-0.4, -0.2) is 15.6 Å². The third kappa shape index (κ3) is 2.14. The predicted octanol–water partition coefficient (Wildman–Crippen LogP) is 2.05. The first-order valence-electron chi connectivity index (χ1n) is 6.40. The van der Waals surface area contributed by atoms with Crippen LogP contribution >= 0.6 is 0 Å². The van der Waals surface area contributed by atoms with E-state index >= 15 is 0 Å². The van der Waals surface area contributed by atoms with Crippen LogP contribution < -0.4 is 5.73 Å². The van der Waals surface area contributed by atoms with Gasteiger partial charge in [-0.05, 0) is 38.5 Å². The number of imidazole rings is 1. The lowest BCUT2D eigenvalue weighted by molar-refractivity contribution is 0.420. The third-order valence-electron chi connectivity index (χ3n) is 3.67. The van der Waals surface area contributed by atoms with Crippen molar-refractivity contribution in [1.29, 1.82) is 0 Å². The molecule has 1 aliphatic carbocycles. The van der Waals surface area contributed by atoms with Gasteiger partial charge in [-0.3, -0.25) is 0 Å². The summed E-state index contributed by atoms with van der Waals surface area (Å²) in [4.78, 5) is 4.67. The van der Waals surface area contributed by atoms with E-state index < -0.39 is 0 Å². The molecular formula is C13H23N3. The summed E-state index contributed by atoms with van der Waals surface area (Å²) in [6.07, 6.45) is 4.93. The van der Waals surface area contributed by atoms with Crippen LogP contribution in [0.3, 0.4) is 0 Å². The Balaban J connectivity index is 2.23. The molecule has 0 saturated heterocycles. The fourth-order valence-corrected chi connectivity index (χ4v) is 2.40. The van der Waals surface area contributed by atoms with Gasteiger partial charge >= 0.3 is 0 Å². The molecule has 0 radical (unpaired) electrons. The third-order valence-corrected chi connectivity index (χ3v) is 3.67. The highest BCUT2D eigenvalue weighted by molar-refractivity contribution is 5.20. The molecule has 1 aliphatic rings. The molecule has 0 amide bonds. The summed E-state index contributed by atoms with van der Waals surface area (Å²) >= 11 is 0. The van der Waals surface area contributed by atoms with E-state index in [1.54, 1.807) is 0 Å². The van der Waals surface area contributed by atoms with Crippen LogP contribution in [0.1, 0.15) is 43.9 Å². The van der Waals surface area contributed by atoms with E-state index in [-0.39, 0.29) is 6.04 Å². The Hall–Kier alpha value is -0.830. The average molecular weight is 221 g/mol. The number of rotatable bonds is 3. The molecule has 1 aromatic rings. The van der Waals surface area contributed by atoms with Crippen molar-refractivity contribution in [3.8, 4) is 0 Å². The lowest BCUT2D eigenvalue weighted by atomic mass is 10.0. The molecule has 1 heterocycles. The number of aromatic nitrogens is 2. The van der Waals surface area contributed by atoms with E-state index in [1.807, 2.05) is 0 Å². The number of nitrogens with zero attached hydrogens (tertiary/aromatic N) is 2. The lowest BCUT2D eigenvalue weighted by Crippen LogP contribution is -2.32. The molecule has 0 spiro atoms. The largest absolute Gasteiger partial charge is 0.330 e. The molecule has 0 aliphatic heterocycles. The zero-order valence-corrected chi connectivity index (χ0v) is 10.7. The maximum Gasteiger partial charge on any atom is 0.106 e. The van der Waals surface area contributed by atoms with Crippen LogP contribution in [0.5, 0.6) is 0 Å². The molecule has 16 heavy (non-hydrogen) atoms. The van der Waals surface area contributed by atoms with Crippen molar-refractivity contribution in [2.45, 2.75) is 59.0 Å². The molecule has 2 N–H and O–H groups in total. The Labute approximate surface area is 98.1 Å². The van der Waals surface area contributed by atoms with Crippen LogP contribution in [-0.2, 0) is 19.4 Å². The highest BCUT2D eigenvalue weighted by atomic mass is 15.1. The number of nitrogens with two attached hydrogens (primary N) is 1. The van der Waals surface area contributed by atoms with Gasteiger partial charge in [0.2, 0.25) is 0 Å². The monoisotopic (exact) mass is 221 g/mol. The minimum Gasteiger partial charge on any atom is -0.330 e. The van der Waals surface area contributed by atoms with Gasteiger partial charge in [0.25, 0.3) is 0 Å². The minimum absolute atomic E-state index is 0.235. The molecule has 1 aromatic heterocycles. The smallest absolute Gasteiger partial charge is 0.106 e. The van der Waals surface area contributed by atoms with E-state index in [1.165, 1.54) is 30.7 Å². The van der Waals surface area contributed by atoms with E-state index in [2.05, 4.69) is 30.3 Å². The van der Waals surface area contributed by atoms with Crippen LogP contribution in [0.4, 0.5) is 0 Å². The van der Waals surface area contributed by atoms with Crippen molar-refractivity contribution in [2.75, 3.05) is 0 Å². The number of aryl methyl sites for hydroxylation is 2. The fourth-order valence-electron chi connectivity index (χ4n) is 2.40. The van der Waals surface area contributed by atoms with Gasteiger partial charge in [0.05, 0.1) is 5.69 Å². The molecule has 0 saturated carbocycles. The van der Waals surface area contributed by atoms with Gasteiger partial charge in [-0.1, -0.05) is 13.8 Å². The Kier molecular flexibility index (Phi) is 3.33. The topological polar surface area (TPSA) is 43.8 Å². The second-order valence-electron chi connectivity index (χ2n) is 5.28. The van der Waals surface area contributed by atoms with E-state index in [0.29, 0.717) is 5.92 Å². The molecule has 1 atom stereocenters. The zero-order chi connectivity index (χ0) is 11.7. The standard InChI is InChI=1S/C13H23N3/c1-9(2)11(14)8-16-10(3)15-12-6-4-5-7-13(12)16/h9,11H,4-8,14H2,1-3H3. The SMILES string of the molecule is Cc1nc2c(n1CC(N)C(C)C)CCCC2. The van der Waals surface area contributed by atoms with Crippen LogP contribution in [0.15, 0.2) is 0 Å². The van der Waals surface area contributed by atoms with Gasteiger partial charge in [0.1, 0.15) is 5.82 Å². The van der Waals surface area contributed by atoms with E-state index in [0.717, 1.165) is 18.8 Å². The van der Waals surface area contributed by atoms with Crippen molar-refractivity contribution in [3.63, 3.8) is 0 Å². The van der Waals surface area contributed by atoms with Crippen molar-refractivity contribution < 1.29 is 0 Å². The van der Waals surface area contributed by atoms with E-state index in [9.17, 15) is 0 Å². The van der Waals surface area contributed by atoms with Gasteiger partial charge in [0.15, 0.2) is 0 Å². The summed E-state index contributed by atoms with van der Waals surface area (Å²) in [7, 11) is 0. The first-order valence-corrected chi connectivity index (χ1v) is 6.40. The fraction of sp³-hybridized carbons (Fsp3) is 0.769. The molecule has 90 valence electrons. The summed E-state index contributed by atoms with van der Waals surface area (Å²) < 4.78 is 2.35. The molecule has 0 fully saturated rings. The summed E-state index contributed by atoms with van der Waals surface area (Å²) in [5, 5.41) is 0. The molecule has 3 heteroatoms. The predicted molar refractivity (Wildman–Crippen MR) is 66.4 cm³/mol. The lowest BCUT2D eigenvalue weighted by Gasteiger charge is -2.20. The molecule has 0 aromatic carbocycles. The highest BCUT2D eigenvalue weighted by Gasteiger charge is 2.19. The number of hydrogen-bond donors (Lipinski definition) is 1. The molecule has 1 unspecified atom stereocenters. The summed E-state index contributed by atoms with van der Waals surface area (Å²) in [6, 6.07) is 0.235. The second kappa shape index (κ2) is 4.58. The maximum atomic E-state index is 6.16. The van der Waals surface area contributed by atoms with Gasteiger partial charge in [-0.15, -0.1) is 0 Å². The molecule has 3 nitrogen and oxygen atoms in total. The Morgan fingerprint density at radius 1 is 1.31 bits per heavy atom. The first kappa shape index (κ1) is 11.6. The Morgan fingerprint density at radius 3 is 2.69 bits per heavy atom. The number of fused-ring (bicyclic) bond motifs is 1. The van der Waals surface area contributed by atoms with Gasteiger partial charge in [0, 0.05) is 18.3 Å². The molecular weight excluding hydrogens is 198 g/mol. The van der Waals surface area contributed by atoms with Crippen LogP contribution in [0.2, 0.25) is 0 Å². The Bertz CT molecular complexity index is 365. The number of hydrogen-bond acceptors (Lipinski definition) is 2. The first-order chi connectivity index (χ1) is 7.59. The summed E-state index contributed by atoms with van der Waals surface area (Å²) in [5.41, 5.74) is 8.92. The highest BCUT2D eigenvalue weighted by Crippen LogP contribution is 2.22. The maximum absolute atomic E-state index is 6.16. The van der Waals surface area contributed by atoms with Crippen molar-refractivity contribution in [3.05, 3.63) is 17.2 Å². The van der Waals surface area contributed by atoms with Crippen LogP contribution in [0.25, 0.3) is 0 Å². The Morgan fingerprint density at radius 2 is 2.00 bits per heavy atom. The van der Waals surface area contributed by atoms with Crippen molar-refractivity contribution in [2.24, 2.45) is 11.7 Å². The average Bonchev–Trinajstić information content (AvgIpc) is 2.55. The molecule has 2 rings (SSSR count).